The van der Waals surface area contributed by atoms with Gasteiger partial charge in [0, 0.05) is 18.6 Å². The molecular formula is C11H21ClN4O. The molecule has 1 amide bonds. The summed E-state index contributed by atoms with van der Waals surface area (Å²) in [6.45, 7) is 5.32. The first-order chi connectivity index (χ1) is 7.50. The van der Waals surface area contributed by atoms with Crippen LogP contribution in [0.1, 0.15) is 26.7 Å². The zero-order chi connectivity index (χ0) is 12.2. The second kappa shape index (κ2) is 6.80. The van der Waals surface area contributed by atoms with E-state index in [1.807, 2.05) is 13.8 Å². The number of carbonyl (C=O) groups excluding carboxylic acids is 1. The first-order valence-corrected chi connectivity index (χ1v) is 5.64. The Morgan fingerprint density at radius 3 is 2.82 bits per heavy atom. The van der Waals surface area contributed by atoms with Crippen LogP contribution in [0.25, 0.3) is 0 Å². The van der Waals surface area contributed by atoms with Crippen LogP contribution in [0.5, 0.6) is 0 Å². The Kier molecular flexibility index (Phi) is 6.46. The third-order valence-corrected chi connectivity index (χ3v) is 2.95. The molecule has 0 aromatic heterocycles. The number of amides is 1. The van der Waals surface area contributed by atoms with Crippen LogP contribution in [0.3, 0.4) is 0 Å². The number of hydrogen-bond donors (Lipinski definition) is 2. The molecule has 17 heavy (non-hydrogen) atoms. The highest BCUT2D eigenvalue weighted by Crippen LogP contribution is 2.16. The lowest BCUT2D eigenvalue weighted by Gasteiger charge is -2.26. The second-order valence-electron chi connectivity index (χ2n) is 4.82. The summed E-state index contributed by atoms with van der Waals surface area (Å²) in [5, 5.41) is 12.0. The van der Waals surface area contributed by atoms with E-state index < -0.39 is 0 Å². The van der Waals surface area contributed by atoms with Gasteiger partial charge >= 0.3 is 0 Å². The molecule has 98 valence electrons. The third-order valence-electron chi connectivity index (χ3n) is 2.95. The first kappa shape index (κ1) is 16.2. The van der Waals surface area contributed by atoms with Gasteiger partial charge in [0.25, 0.3) is 0 Å². The summed E-state index contributed by atoms with van der Waals surface area (Å²) in [5.74, 6) is -0.00873. The summed E-state index contributed by atoms with van der Waals surface area (Å²) in [4.78, 5) is 13.5. The maximum Gasteiger partial charge on any atom is 0.237 e. The van der Waals surface area contributed by atoms with Crippen molar-refractivity contribution in [2.45, 2.75) is 38.3 Å². The van der Waals surface area contributed by atoms with E-state index in [9.17, 15) is 4.79 Å². The van der Waals surface area contributed by atoms with Crippen LogP contribution in [0.4, 0.5) is 0 Å². The Hall–Kier alpha value is -0.830. The zero-order valence-electron chi connectivity index (χ0n) is 10.4. The van der Waals surface area contributed by atoms with E-state index in [0.717, 1.165) is 12.8 Å². The number of nitrogens with one attached hydrogen (secondary N) is 1. The molecule has 0 aliphatic carbocycles. The summed E-state index contributed by atoms with van der Waals surface area (Å²) in [5.41, 5.74) is 5.32. The van der Waals surface area contributed by atoms with Crippen LogP contribution in [0.15, 0.2) is 0 Å². The number of nitrogens with two attached hydrogens (primary N) is 1. The molecule has 0 radical (unpaired) electrons. The fraction of sp³-hybridized carbons (Fsp3) is 0.818. The molecule has 6 heteroatoms. The van der Waals surface area contributed by atoms with Gasteiger partial charge in [-0.15, -0.1) is 12.4 Å². The predicted octanol–water partition coefficient (Wildman–Crippen LogP) is 0.250. The van der Waals surface area contributed by atoms with Crippen LogP contribution in [0, 0.1) is 11.3 Å². The van der Waals surface area contributed by atoms with Crippen LogP contribution < -0.4 is 11.1 Å². The number of rotatable bonds is 4. The molecule has 0 aromatic rings. The van der Waals surface area contributed by atoms with E-state index in [4.69, 9.17) is 11.0 Å². The van der Waals surface area contributed by atoms with E-state index in [0.29, 0.717) is 13.1 Å². The van der Waals surface area contributed by atoms with Gasteiger partial charge in [-0.3, -0.25) is 4.79 Å². The minimum Gasteiger partial charge on any atom is -0.329 e. The number of nitrogens with zero attached hydrogens (tertiary/aromatic N) is 2. The van der Waals surface area contributed by atoms with E-state index in [-0.39, 0.29) is 36.4 Å². The third kappa shape index (κ3) is 4.50. The average Bonchev–Trinajstić information content (AvgIpc) is 2.74. The van der Waals surface area contributed by atoms with Crippen LogP contribution in [-0.4, -0.2) is 42.0 Å². The summed E-state index contributed by atoms with van der Waals surface area (Å²) < 4.78 is 0. The number of nitriles is 1. The number of likely N-dealkylation sites (tertiary alicyclic amines) is 1. The molecule has 3 N–H and O–H groups in total. The molecule has 0 spiro atoms. The molecule has 0 aromatic carbocycles. The Bertz CT molecular complexity index is 300. The molecule has 1 aliphatic rings. The Labute approximate surface area is 109 Å². The largest absolute Gasteiger partial charge is 0.329 e. The molecular weight excluding hydrogens is 240 g/mol. The van der Waals surface area contributed by atoms with Crippen molar-refractivity contribution in [2.24, 2.45) is 5.73 Å². The maximum atomic E-state index is 11.8. The number of hydrogen-bond acceptors (Lipinski definition) is 4. The number of carbonyl (C=O) groups is 1. The molecule has 0 bridgehead atoms. The van der Waals surface area contributed by atoms with E-state index in [1.165, 1.54) is 0 Å². The highest BCUT2D eigenvalue weighted by atomic mass is 35.5. The van der Waals surface area contributed by atoms with Gasteiger partial charge in [-0.05, 0) is 26.7 Å². The fourth-order valence-corrected chi connectivity index (χ4v) is 1.69. The van der Waals surface area contributed by atoms with Gasteiger partial charge in [0.2, 0.25) is 5.91 Å². The van der Waals surface area contributed by atoms with Gasteiger partial charge in [-0.2, -0.15) is 5.26 Å². The van der Waals surface area contributed by atoms with E-state index >= 15 is 0 Å². The summed E-state index contributed by atoms with van der Waals surface area (Å²) >= 11 is 0. The zero-order valence-corrected chi connectivity index (χ0v) is 11.2. The molecule has 1 rings (SSSR count). The summed E-state index contributed by atoms with van der Waals surface area (Å²) in [7, 11) is 0. The number of halogens is 1. The molecule has 0 saturated carbocycles. The summed E-state index contributed by atoms with van der Waals surface area (Å²) in [6, 6.07) is 1.92. The first-order valence-electron chi connectivity index (χ1n) is 5.64. The van der Waals surface area contributed by atoms with Gasteiger partial charge in [0.15, 0.2) is 0 Å². The minimum atomic E-state index is -0.240. The lowest BCUT2D eigenvalue weighted by molar-refractivity contribution is -0.130. The van der Waals surface area contributed by atoms with Gasteiger partial charge in [-0.1, -0.05) is 0 Å². The van der Waals surface area contributed by atoms with E-state index in [2.05, 4.69) is 11.4 Å². The van der Waals surface area contributed by atoms with Crippen molar-refractivity contribution in [1.29, 1.82) is 5.26 Å². The molecule has 0 unspecified atom stereocenters. The maximum absolute atomic E-state index is 11.8. The monoisotopic (exact) mass is 260 g/mol. The van der Waals surface area contributed by atoms with Gasteiger partial charge < -0.3 is 16.0 Å². The Balaban J connectivity index is 0.00000256. The van der Waals surface area contributed by atoms with Crippen molar-refractivity contribution in [1.82, 2.24) is 10.2 Å². The Morgan fingerprint density at radius 2 is 2.29 bits per heavy atom. The van der Waals surface area contributed by atoms with Crippen molar-refractivity contribution in [2.75, 3.05) is 19.6 Å². The molecule has 1 saturated heterocycles. The highest BCUT2D eigenvalue weighted by molar-refractivity contribution is 5.85. The predicted molar refractivity (Wildman–Crippen MR) is 68.7 cm³/mol. The van der Waals surface area contributed by atoms with Gasteiger partial charge in [0.05, 0.1) is 12.6 Å². The van der Waals surface area contributed by atoms with Crippen LogP contribution >= 0.6 is 12.4 Å². The SMILES string of the molecule is CC(C)(CN)NCC(=O)N1CCC[C@H]1C#N.Cl. The van der Waals surface area contributed by atoms with Crippen molar-refractivity contribution in [3.05, 3.63) is 0 Å². The molecule has 1 atom stereocenters. The average molecular weight is 261 g/mol. The lowest BCUT2D eigenvalue weighted by atomic mass is 10.1. The topological polar surface area (TPSA) is 82.2 Å². The Morgan fingerprint density at radius 1 is 1.65 bits per heavy atom. The van der Waals surface area contributed by atoms with Gasteiger partial charge in [0.1, 0.15) is 6.04 Å². The molecule has 1 fully saturated rings. The van der Waals surface area contributed by atoms with Crippen molar-refractivity contribution < 1.29 is 4.79 Å². The van der Waals surface area contributed by atoms with Crippen molar-refractivity contribution in [3.63, 3.8) is 0 Å². The molecule has 1 aliphatic heterocycles. The molecule has 1 heterocycles. The molecule has 5 nitrogen and oxygen atoms in total. The van der Waals surface area contributed by atoms with Crippen LogP contribution in [-0.2, 0) is 4.79 Å². The quantitative estimate of drug-likeness (QED) is 0.759. The smallest absolute Gasteiger partial charge is 0.237 e. The fourth-order valence-electron chi connectivity index (χ4n) is 1.69. The van der Waals surface area contributed by atoms with Crippen molar-refractivity contribution in [3.8, 4) is 6.07 Å². The second-order valence-corrected chi connectivity index (χ2v) is 4.82. The minimum absolute atomic E-state index is 0. The normalized spacial score (nSPS) is 19.6. The van der Waals surface area contributed by atoms with Crippen molar-refractivity contribution >= 4 is 18.3 Å². The van der Waals surface area contributed by atoms with E-state index in [1.54, 1.807) is 4.90 Å². The van der Waals surface area contributed by atoms with Crippen LogP contribution in [0.2, 0.25) is 0 Å². The van der Waals surface area contributed by atoms with Gasteiger partial charge in [-0.25, -0.2) is 0 Å². The summed E-state index contributed by atoms with van der Waals surface area (Å²) in [6.07, 6.45) is 1.72. The lowest BCUT2D eigenvalue weighted by Crippen LogP contribution is -2.51. The standard InChI is InChI=1S/C11H20N4O.ClH/c1-11(2,8-13)14-7-10(16)15-5-3-4-9(15)6-12;/h9,14H,3-5,7-8,13H2,1-2H3;1H/t9-;/m0./s1. The highest BCUT2D eigenvalue weighted by Gasteiger charge is 2.29.